The molecule has 0 aliphatic heterocycles. The number of amides is 2. The zero-order valence-electron chi connectivity index (χ0n) is 28.5. The largest absolute Gasteiger partial charge is 0.352 e. The molecule has 0 radical (unpaired) electrons. The highest BCUT2D eigenvalue weighted by atomic mass is 32.2. The lowest BCUT2D eigenvalue weighted by Crippen LogP contribution is -2.55. The molecular weight excluding hydrogens is 619 g/mol. The van der Waals surface area contributed by atoms with Crippen LogP contribution in [0.4, 0.5) is 5.69 Å². The summed E-state index contributed by atoms with van der Waals surface area (Å²) in [6.07, 6.45) is 5.38. The van der Waals surface area contributed by atoms with Gasteiger partial charge in [0.1, 0.15) is 12.6 Å². The first-order valence-corrected chi connectivity index (χ1v) is 18.3. The molecule has 8 heteroatoms. The van der Waals surface area contributed by atoms with Crippen molar-refractivity contribution in [2.24, 2.45) is 0 Å². The third-order valence-electron chi connectivity index (χ3n) is 9.17. The van der Waals surface area contributed by atoms with E-state index in [4.69, 9.17) is 0 Å². The van der Waals surface area contributed by atoms with E-state index in [-0.39, 0.29) is 23.4 Å². The number of nitrogens with one attached hydrogen (secondary N) is 1. The van der Waals surface area contributed by atoms with E-state index in [1.54, 1.807) is 35.2 Å². The van der Waals surface area contributed by atoms with Crippen LogP contribution in [0.1, 0.15) is 65.5 Å². The van der Waals surface area contributed by atoms with Crippen molar-refractivity contribution in [1.29, 1.82) is 0 Å². The molecule has 0 spiro atoms. The van der Waals surface area contributed by atoms with Crippen LogP contribution in [0, 0.1) is 27.7 Å². The second-order valence-corrected chi connectivity index (χ2v) is 15.0. The first-order chi connectivity index (χ1) is 23.0. The average Bonchev–Trinajstić information content (AvgIpc) is 3.06. The Morgan fingerprint density at radius 1 is 0.750 bits per heavy atom. The third-order valence-corrected chi connectivity index (χ3v) is 10.9. The van der Waals surface area contributed by atoms with Crippen LogP contribution in [0.2, 0.25) is 0 Å². The fourth-order valence-corrected chi connectivity index (χ4v) is 8.02. The molecule has 1 fully saturated rings. The molecule has 1 atom stereocenters. The maximum atomic E-state index is 14.8. The second-order valence-electron chi connectivity index (χ2n) is 13.2. The van der Waals surface area contributed by atoms with Crippen molar-refractivity contribution in [1.82, 2.24) is 10.2 Å². The summed E-state index contributed by atoms with van der Waals surface area (Å²) in [4.78, 5) is 30.8. The van der Waals surface area contributed by atoms with Crippen LogP contribution < -0.4 is 9.62 Å². The minimum Gasteiger partial charge on any atom is -0.352 e. The summed E-state index contributed by atoms with van der Waals surface area (Å²) in [6, 6.07) is 28.9. The maximum absolute atomic E-state index is 14.8. The number of benzene rings is 4. The summed E-state index contributed by atoms with van der Waals surface area (Å²) >= 11 is 0. The van der Waals surface area contributed by atoms with E-state index in [0.29, 0.717) is 12.1 Å². The van der Waals surface area contributed by atoms with Crippen molar-refractivity contribution in [2.45, 2.75) is 89.7 Å². The molecular formula is C40H47N3O4S. The van der Waals surface area contributed by atoms with Crippen molar-refractivity contribution in [3.8, 4) is 0 Å². The average molecular weight is 666 g/mol. The molecule has 5 rings (SSSR count). The van der Waals surface area contributed by atoms with E-state index in [0.717, 1.165) is 65.5 Å². The fraction of sp³-hybridized carbons (Fsp3) is 0.350. The first-order valence-electron chi connectivity index (χ1n) is 16.9. The predicted octanol–water partition coefficient (Wildman–Crippen LogP) is 7.20. The molecule has 1 aliphatic rings. The van der Waals surface area contributed by atoms with E-state index in [1.165, 1.54) is 4.31 Å². The summed E-state index contributed by atoms with van der Waals surface area (Å²) in [5, 5.41) is 3.27. The van der Waals surface area contributed by atoms with Crippen LogP contribution in [0.3, 0.4) is 0 Å². The summed E-state index contributed by atoms with van der Waals surface area (Å²) in [5.74, 6) is -0.668. The molecule has 1 saturated carbocycles. The van der Waals surface area contributed by atoms with Crippen LogP contribution >= 0.6 is 0 Å². The van der Waals surface area contributed by atoms with E-state index in [2.05, 4.69) is 5.32 Å². The molecule has 252 valence electrons. The second kappa shape index (κ2) is 15.6. The highest BCUT2D eigenvalue weighted by Gasteiger charge is 2.36. The lowest BCUT2D eigenvalue weighted by atomic mass is 9.94. The molecule has 4 aromatic carbocycles. The predicted molar refractivity (Wildman–Crippen MR) is 192 cm³/mol. The Balaban J connectivity index is 1.58. The van der Waals surface area contributed by atoms with Gasteiger partial charge >= 0.3 is 0 Å². The quantitative estimate of drug-likeness (QED) is 0.173. The summed E-state index contributed by atoms with van der Waals surface area (Å²) in [5.41, 5.74) is 5.90. The number of nitrogens with zero attached hydrogens (tertiary/aromatic N) is 2. The number of rotatable bonds is 12. The zero-order chi connectivity index (χ0) is 34.3. The van der Waals surface area contributed by atoms with Gasteiger partial charge in [0.15, 0.2) is 0 Å². The van der Waals surface area contributed by atoms with Gasteiger partial charge in [0.2, 0.25) is 11.8 Å². The molecule has 7 nitrogen and oxygen atoms in total. The molecule has 2 amide bonds. The Labute approximate surface area is 286 Å². The Morgan fingerprint density at radius 3 is 2.06 bits per heavy atom. The van der Waals surface area contributed by atoms with Gasteiger partial charge in [0.05, 0.1) is 10.6 Å². The molecule has 1 N–H and O–H groups in total. The van der Waals surface area contributed by atoms with Crippen molar-refractivity contribution < 1.29 is 18.0 Å². The molecule has 0 aromatic heterocycles. The van der Waals surface area contributed by atoms with Crippen LogP contribution in [0.15, 0.2) is 102 Å². The lowest BCUT2D eigenvalue weighted by molar-refractivity contribution is -0.140. The minimum absolute atomic E-state index is 0.0501. The van der Waals surface area contributed by atoms with Gasteiger partial charge in [0, 0.05) is 19.0 Å². The topological polar surface area (TPSA) is 86.8 Å². The summed E-state index contributed by atoms with van der Waals surface area (Å²) in [7, 11) is -4.16. The van der Waals surface area contributed by atoms with Gasteiger partial charge in [-0.3, -0.25) is 13.9 Å². The maximum Gasteiger partial charge on any atom is 0.264 e. The van der Waals surface area contributed by atoms with Gasteiger partial charge in [-0.2, -0.15) is 0 Å². The van der Waals surface area contributed by atoms with E-state index >= 15 is 0 Å². The van der Waals surface area contributed by atoms with Crippen molar-refractivity contribution in [2.75, 3.05) is 10.8 Å². The van der Waals surface area contributed by atoms with Crippen LogP contribution in [0.25, 0.3) is 0 Å². The molecule has 0 heterocycles. The number of hydrogen-bond acceptors (Lipinski definition) is 4. The Hall–Kier alpha value is -4.43. The SMILES string of the molecule is Cc1ccc(S(=O)(=O)N(CC(=O)N(Cc2cccc(C)c2)[C@H](Cc2ccccc2)C(=O)NC2CCCCC2)c2ccc(C)cc2C)cc1. The lowest BCUT2D eigenvalue weighted by Gasteiger charge is -2.35. The van der Waals surface area contributed by atoms with Gasteiger partial charge in [-0.25, -0.2) is 8.42 Å². The zero-order valence-corrected chi connectivity index (χ0v) is 29.3. The molecule has 0 bridgehead atoms. The summed E-state index contributed by atoms with van der Waals surface area (Å²) < 4.78 is 30.0. The number of hydrogen-bond donors (Lipinski definition) is 1. The normalized spacial score (nSPS) is 14.2. The van der Waals surface area contributed by atoms with Crippen LogP contribution in [-0.2, 0) is 32.6 Å². The summed E-state index contributed by atoms with van der Waals surface area (Å²) in [6.45, 7) is 7.38. The van der Waals surface area contributed by atoms with E-state index in [1.807, 2.05) is 94.4 Å². The number of sulfonamides is 1. The number of carbonyl (C=O) groups excluding carboxylic acids is 2. The fourth-order valence-electron chi connectivity index (χ4n) is 6.54. The number of anilines is 1. The highest BCUT2D eigenvalue weighted by molar-refractivity contribution is 7.92. The Morgan fingerprint density at radius 2 is 1.40 bits per heavy atom. The molecule has 0 unspecified atom stereocenters. The van der Waals surface area contributed by atoms with Gasteiger partial charge in [-0.05, 0) is 75.4 Å². The Kier molecular flexibility index (Phi) is 11.4. The van der Waals surface area contributed by atoms with Gasteiger partial charge in [-0.1, -0.05) is 115 Å². The molecule has 0 saturated heterocycles. The van der Waals surface area contributed by atoms with Gasteiger partial charge < -0.3 is 10.2 Å². The molecule has 48 heavy (non-hydrogen) atoms. The van der Waals surface area contributed by atoms with Crippen molar-refractivity contribution in [3.63, 3.8) is 0 Å². The number of aryl methyl sites for hydroxylation is 4. The third kappa shape index (κ3) is 8.72. The van der Waals surface area contributed by atoms with E-state index < -0.39 is 28.5 Å². The standard InChI is InChI=1S/C40H47N3O4S/c1-29-18-21-36(22-19-29)48(46,47)43(37-23-20-31(3)24-32(37)4)28-39(44)42(27-34-15-11-12-30(2)25-34)38(26-33-13-7-5-8-14-33)40(45)41-35-16-9-6-10-17-35/h5,7-8,11-15,18-25,35,38H,6,9-10,16-17,26-28H2,1-4H3,(H,41,45)/t38-/m1/s1. The van der Waals surface area contributed by atoms with Gasteiger partial charge in [-0.15, -0.1) is 0 Å². The van der Waals surface area contributed by atoms with Crippen LogP contribution in [-0.4, -0.2) is 43.8 Å². The smallest absolute Gasteiger partial charge is 0.264 e. The molecule has 1 aliphatic carbocycles. The van der Waals surface area contributed by atoms with Crippen LogP contribution in [0.5, 0.6) is 0 Å². The monoisotopic (exact) mass is 665 g/mol. The highest BCUT2D eigenvalue weighted by Crippen LogP contribution is 2.29. The first kappa shape index (κ1) is 34.9. The Bertz CT molecular complexity index is 1820. The molecule has 4 aromatic rings. The van der Waals surface area contributed by atoms with Gasteiger partial charge in [0.25, 0.3) is 10.0 Å². The van der Waals surface area contributed by atoms with Crippen molar-refractivity contribution in [3.05, 3.63) is 130 Å². The van der Waals surface area contributed by atoms with Crippen molar-refractivity contribution >= 4 is 27.5 Å². The minimum atomic E-state index is -4.16. The number of carbonyl (C=O) groups is 2. The van der Waals surface area contributed by atoms with E-state index in [9.17, 15) is 18.0 Å².